The molecule has 37 heavy (non-hydrogen) atoms. The number of anilines is 1. The van der Waals surface area contributed by atoms with Gasteiger partial charge >= 0.3 is 0 Å². The second kappa shape index (κ2) is 10.7. The van der Waals surface area contributed by atoms with Gasteiger partial charge in [0.25, 0.3) is 11.7 Å². The predicted octanol–water partition coefficient (Wildman–Crippen LogP) is 6.37. The van der Waals surface area contributed by atoms with Crippen molar-refractivity contribution in [2.75, 3.05) is 18.6 Å². The summed E-state index contributed by atoms with van der Waals surface area (Å²) in [6, 6.07) is 14.7. The number of phenolic OH excluding ortho intramolecular Hbond substituents is 1. The molecule has 9 heteroatoms. The summed E-state index contributed by atoms with van der Waals surface area (Å²) in [5.74, 6) is -1.09. The van der Waals surface area contributed by atoms with Crippen molar-refractivity contribution in [2.45, 2.75) is 19.9 Å². The van der Waals surface area contributed by atoms with Crippen molar-refractivity contribution in [3.8, 4) is 17.2 Å². The van der Waals surface area contributed by atoms with E-state index in [4.69, 9.17) is 32.7 Å². The number of aliphatic hydroxyl groups is 1. The van der Waals surface area contributed by atoms with Crippen LogP contribution in [0.2, 0.25) is 10.0 Å². The monoisotopic (exact) mass is 541 g/mol. The molecule has 1 unspecified atom stereocenters. The Morgan fingerprint density at radius 3 is 2.24 bits per heavy atom. The summed E-state index contributed by atoms with van der Waals surface area (Å²) < 4.78 is 10.9. The van der Waals surface area contributed by atoms with Gasteiger partial charge in [-0.2, -0.15) is 0 Å². The van der Waals surface area contributed by atoms with Crippen LogP contribution in [0, 0.1) is 5.92 Å². The average molecular weight is 542 g/mol. The van der Waals surface area contributed by atoms with E-state index >= 15 is 0 Å². The molecule has 3 aromatic rings. The van der Waals surface area contributed by atoms with Crippen LogP contribution < -0.4 is 14.4 Å². The number of aromatic hydroxyl groups is 1. The van der Waals surface area contributed by atoms with Crippen LogP contribution in [-0.4, -0.2) is 35.6 Å². The van der Waals surface area contributed by atoms with Crippen molar-refractivity contribution in [3.63, 3.8) is 0 Å². The van der Waals surface area contributed by atoms with Crippen molar-refractivity contribution in [1.82, 2.24) is 0 Å². The summed E-state index contributed by atoms with van der Waals surface area (Å²) in [5.41, 5.74) is 0.799. The Morgan fingerprint density at radius 2 is 1.68 bits per heavy atom. The third-order valence-electron chi connectivity index (χ3n) is 5.80. The first kappa shape index (κ1) is 26.4. The van der Waals surface area contributed by atoms with Gasteiger partial charge in [-0.1, -0.05) is 49.2 Å². The van der Waals surface area contributed by atoms with Gasteiger partial charge < -0.3 is 19.7 Å². The van der Waals surface area contributed by atoms with Crippen LogP contribution in [0.4, 0.5) is 5.69 Å². The van der Waals surface area contributed by atoms with Crippen molar-refractivity contribution < 1.29 is 29.3 Å². The van der Waals surface area contributed by atoms with E-state index in [2.05, 4.69) is 0 Å². The fourth-order valence-corrected chi connectivity index (χ4v) is 4.76. The molecule has 0 aliphatic carbocycles. The Balaban J connectivity index is 1.86. The quantitative estimate of drug-likeness (QED) is 0.205. The number of Topliss-reactive ketones (excluding diaryl/α,β-unsaturated/α-hetero) is 1. The summed E-state index contributed by atoms with van der Waals surface area (Å²) in [6.45, 7) is 4.60. The largest absolute Gasteiger partial charge is 0.508 e. The van der Waals surface area contributed by atoms with Crippen LogP contribution in [0.1, 0.15) is 31.0 Å². The van der Waals surface area contributed by atoms with Gasteiger partial charge in [-0.05, 0) is 60.0 Å². The number of hydrogen-bond donors (Lipinski definition) is 2. The van der Waals surface area contributed by atoms with Gasteiger partial charge in [0.15, 0.2) is 5.75 Å². The number of ether oxygens (including phenoxy) is 2. The highest BCUT2D eigenvalue weighted by Crippen LogP contribution is 2.44. The Hall–Kier alpha value is -3.68. The third kappa shape index (κ3) is 5.24. The topological polar surface area (TPSA) is 96.3 Å². The maximum absolute atomic E-state index is 13.3. The normalized spacial score (nSPS) is 16.9. The number of benzene rings is 3. The van der Waals surface area contributed by atoms with Crippen LogP contribution in [-0.2, 0) is 9.59 Å². The van der Waals surface area contributed by atoms with Crippen molar-refractivity contribution in [3.05, 3.63) is 87.4 Å². The van der Waals surface area contributed by atoms with Crippen LogP contribution in [0.15, 0.2) is 66.2 Å². The second-order valence-electron chi connectivity index (χ2n) is 8.94. The first-order valence-electron chi connectivity index (χ1n) is 11.5. The zero-order valence-corrected chi connectivity index (χ0v) is 21.9. The standard InChI is InChI=1S/C28H25Cl2NO6/c1-15(2)14-37-20-9-7-18(8-10-20)31-24(16-5-4-6-19(32)11-16)23(26(34)28(31)35)25(33)17-12-21(29)27(36-3)22(30)13-17/h4-13,15,24,32-33H,14H2,1-3H3/b25-23+. The highest BCUT2D eigenvalue weighted by Gasteiger charge is 2.47. The zero-order valence-electron chi connectivity index (χ0n) is 20.4. The fraction of sp³-hybridized carbons (Fsp3) is 0.214. The zero-order chi connectivity index (χ0) is 26.9. The molecule has 1 heterocycles. The predicted molar refractivity (Wildman–Crippen MR) is 143 cm³/mol. The van der Waals surface area contributed by atoms with E-state index in [0.29, 0.717) is 29.5 Å². The molecule has 1 atom stereocenters. The van der Waals surface area contributed by atoms with Crippen LogP contribution in [0.3, 0.4) is 0 Å². The highest BCUT2D eigenvalue weighted by atomic mass is 35.5. The lowest BCUT2D eigenvalue weighted by molar-refractivity contribution is -0.132. The number of methoxy groups -OCH3 is 1. The maximum Gasteiger partial charge on any atom is 0.300 e. The first-order valence-corrected chi connectivity index (χ1v) is 12.2. The number of hydrogen-bond acceptors (Lipinski definition) is 6. The molecule has 1 aliphatic heterocycles. The van der Waals surface area contributed by atoms with E-state index in [1.807, 2.05) is 13.8 Å². The summed E-state index contributed by atoms with van der Waals surface area (Å²) in [7, 11) is 1.40. The van der Waals surface area contributed by atoms with Gasteiger partial charge in [0.2, 0.25) is 0 Å². The van der Waals surface area contributed by atoms with E-state index in [-0.39, 0.29) is 32.7 Å². The molecule has 0 spiro atoms. The Kier molecular flexibility index (Phi) is 7.66. The molecule has 4 rings (SSSR count). The lowest BCUT2D eigenvalue weighted by Crippen LogP contribution is -2.29. The molecule has 7 nitrogen and oxygen atoms in total. The van der Waals surface area contributed by atoms with Crippen LogP contribution >= 0.6 is 23.2 Å². The Labute approximate surface area is 224 Å². The fourth-order valence-electron chi connectivity index (χ4n) is 4.12. The number of carbonyl (C=O) groups excluding carboxylic acids is 2. The highest BCUT2D eigenvalue weighted by molar-refractivity contribution is 6.51. The minimum absolute atomic E-state index is 0.0592. The number of rotatable bonds is 7. The minimum Gasteiger partial charge on any atom is -0.508 e. The summed E-state index contributed by atoms with van der Waals surface area (Å²) in [4.78, 5) is 27.9. The van der Waals surface area contributed by atoms with Gasteiger partial charge in [-0.15, -0.1) is 0 Å². The molecule has 192 valence electrons. The molecule has 1 saturated heterocycles. The first-order chi connectivity index (χ1) is 17.6. The number of phenols is 1. The Morgan fingerprint density at radius 1 is 1.03 bits per heavy atom. The molecule has 0 saturated carbocycles. The van der Waals surface area contributed by atoms with E-state index in [0.717, 1.165) is 0 Å². The summed E-state index contributed by atoms with van der Waals surface area (Å²) in [5, 5.41) is 21.7. The molecule has 1 fully saturated rings. The van der Waals surface area contributed by atoms with Gasteiger partial charge in [0.05, 0.1) is 35.4 Å². The smallest absolute Gasteiger partial charge is 0.300 e. The lowest BCUT2D eigenvalue weighted by atomic mass is 9.95. The average Bonchev–Trinajstić information content (AvgIpc) is 3.12. The van der Waals surface area contributed by atoms with Gasteiger partial charge in [-0.3, -0.25) is 14.5 Å². The van der Waals surface area contributed by atoms with E-state index in [1.54, 1.807) is 36.4 Å². The molecule has 0 radical (unpaired) electrons. The van der Waals surface area contributed by atoms with Crippen molar-refractivity contribution in [2.24, 2.45) is 5.92 Å². The summed E-state index contributed by atoms with van der Waals surface area (Å²) >= 11 is 12.5. The van der Waals surface area contributed by atoms with Gasteiger partial charge in [0.1, 0.15) is 17.3 Å². The molecule has 3 aromatic carbocycles. The Bertz CT molecular complexity index is 1360. The van der Waals surface area contributed by atoms with Crippen molar-refractivity contribution >= 4 is 46.3 Å². The van der Waals surface area contributed by atoms with E-state index < -0.39 is 23.5 Å². The SMILES string of the molecule is COc1c(Cl)cc(/C(O)=C2\C(=O)C(=O)N(c3ccc(OCC(C)C)cc3)C2c2cccc(O)c2)cc1Cl. The molecule has 1 amide bonds. The van der Waals surface area contributed by atoms with Gasteiger partial charge in [0, 0.05) is 11.3 Å². The van der Waals surface area contributed by atoms with Crippen LogP contribution in [0.25, 0.3) is 5.76 Å². The number of carbonyl (C=O) groups is 2. The number of ketones is 1. The maximum atomic E-state index is 13.3. The third-order valence-corrected chi connectivity index (χ3v) is 6.37. The molecular formula is C28H25Cl2NO6. The number of halogens is 2. The molecular weight excluding hydrogens is 517 g/mol. The molecule has 0 bridgehead atoms. The second-order valence-corrected chi connectivity index (χ2v) is 9.75. The minimum atomic E-state index is -1.03. The van der Waals surface area contributed by atoms with Crippen molar-refractivity contribution in [1.29, 1.82) is 0 Å². The van der Waals surface area contributed by atoms with Crippen LogP contribution in [0.5, 0.6) is 17.2 Å². The van der Waals surface area contributed by atoms with E-state index in [1.165, 1.54) is 36.3 Å². The van der Waals surface area contributed by atoms with E-state index in [9.17, 15) is 19.8 Å². The number of amides is 1. The lowest BCUT2D eigenvalue weighted by Gasteiger charge is -2.26. The molecule has 2 N–H and O–H groups in total. The van der Waals surface area contributed by atoms with Gasteiger partial charge in [-0.25, -0.2) is 0 Å². The number of aliphatic hydroxyl groups excluding tert-OH is 1. The molecule has 0 aromatic heterocycles. The number of nitrogens with zero attached hydrogens (tertiary/aromatic N) is 1. The summed E-state index contributed by atoms with van der Waals surface area (Å²) in [6.07, 6.45) is 0. The molecule has 1 aliphatic rings.